The fourth-order valence-corrected chi connectivity index (χ4v) is 4.28. The average molecular weight is 282 g/mol. The Bertz CT molecular complexity index is 287. The molecule has 1 heterocycles. The van der Waals surface area contributed by atoms with E-state index in [4.69, 9.17) is 4.74 Å². The zero-order chi connectivity index (χ0) is 14.6. The van der Waals surface area contributed by atoms with Gasteiger partial charge in [-0.05, 0) is 50.6 Å². The van der Waals surface area contributed by atoms with Crippen LogP contribution >= 0.6 is 0 Å². The van der Waals surface area contributed by atoms with E-state index in [-0.39, 0.29) is 0 Å². The van der Waals surface area contributed by atoms with Gasteiger partial charge in [0.25, 0.3) is 0 Å². The molecule has 3 nitrogen and oxygen atoms in total. The molecule has 2 aliphatic rings. The van der Waals surface area contributed by atoms with Crippen molar-refractivity contribution in [3.8, 4) is 0 Å². The molecule has 1 aliphatic heterocycles. The first-order valence-corrected chi connectivity index (χ1v) is 8.56. The lowest BCUT2D eigenvalue weighted by molar-refractivity contribution is 0.0229. The summed E-state index contributed by atoms with van der Waals surface area (Å²) in [5.41, 5.74) is 0.440. The molecule has 2 fully saturated rings. The minimum absolute atomic E-state index is 0.440. The fourth-order valence-electron chi connectivity index (χ4n) is 4.28. The van der Waals surface area contributed by atoms with Gasteiger partial charge >= 0.3 is 0 Å². The van der Waals surface area contributed by atoms with E-state index < -0.39 is 0 Å². The molecule has 20 heavy (non-hydrogen) atoms. The van der Waals surface area contributed by atoms with Crippen LogP contribution < -0.4 is 5.32 Å². The maximum Gasteiger partial charge on any atom is 0.0480 e. The van der Waals surface area contributed by atoms with Crippen molar-refractivity contribution in [1.29, 1.82) is 0 Å². The molecular formula is C17H34N2O. The predicted molar refractivity (Wildman–Crippen MR) is 85.1 cm³/mol. The molecule has 2 atom stereocenters. The van der Waals surface area contributed by atoms with Crippen molar-refractivity contribution >= 4 is 0 Å². The predicted octanol–water partition coefficient (Wildman–Crippen LogP) is 2.90. The Labute approximate surface area is 125 Å². The highest BCUT2D eigenvalue weighted by atomic mass is 16.5. The molecule has 0 amide bonds. The summed E-state index contributed by atoms with van der Waals surface area (Å²) in [6.07, 6.45) is 6.55. The fraction of sp³-hybridized carbons (Fsp3) is 1.00. The van der Waals surface area contributed by atoms with Crippen molar-refractivity contribution < 1.29 is 4.74 Å². The quantitative estimate of drug-likeness (QED) is 0.839. The third kappa shape index (κ3) is 3.96. The van der Waals surface area contributed by atoms with E-state index in [9.17, 15) is 0 Å². The molecule has 3 heteroatoms. The van der Waals surface area contributed by atoms with Crippen LogP contribution in [0.15, 0.2) is 0 Å². The van der Waals surface area contributed by atoms with E-state index in [1.807, 2.05) is 0 Å². The Morgan fingerprint density at radius 1 is 1.20 bits per heavy atom. The molecule has 2 rings (SSSR count). The van der Waals surface area contributed by atoms with Crippen LogP contribution in [0.5, 0.6) is 0 Å². The summed E-state index contributed by atoms with van der Waals surface area (Å²) in [6, 6.07) is 1.40. The number of nitrogens with one attached hydrogen (secondary N) is 1. The lowest BCUT2D eigenvalue weighted by Gasteiger charge is -2.46. The molecule has 1 saturated carbocycles. The zero-order valence-corrected chi connectivity index (χ0v) is 14.0. The summed E-state index contributed by atoms with van der Waals surface area (Å²) in [5.74, 6) is 0.798. The second-order valence-electron chi connectivity index (χ2n) is 7.46. The van der Waals surface area contributed by atoms with Crippen LogP contribution in [0.3, 0.4) is 0 Å². The van der Waals surface area contributed by atoms with Crippen LogP contribution in [-0.2, 0) is 4.74 Å². The first-order chi connectivity index (χ1) is 9.54. The third-order valence-corrected chi connectivity index (χ3v) is 5.47. The summed E-state index contributed by atoms with van der Waals surface area (Å²) in [7, 11) is 2.32. The van der Waals surface area contributed by atoms with Gasteiger partial charge < -0.3 is 15.0 Å². The van der Waals surface area contributed by atoms with Crippen LogP contribution in [0.1, 0.15) is 52.9 Å². The van der Waals surface area contributed by atoms with Gasteiger partial charge in [-0.15, -0.1) is 0 Å². The molecule has 0 bridgehead atoms. The summed E-state index contributed by atoms with van der Waals surface area (Å²) in [5, 5.41) is 3.78. The summed E-state index contributed by atoms with van der Waals surface area (Å²) in [4.78, 5) is 2.61. The van der Waals surface area contributed by atoms with Gasteiger partial charge in [0.2, 0.25) is 0 Å². The number of hydrogen-bond donors (Lipinski definition) is 1. The number of nitrogens with zero attached hydrogens (tertiary/aromatic N) is 1. The molecule has 1 N–H and O–H groups in total. The lowest BCUT2D eigenvalue weighted by Crippen LogP contribution is -2.53. The maximum atomic E-state index is 5.49. The Hall–Kier alpha value is -0.120. The minimum atomic E-state index is 0.440. The highest BCUT2D eigenvalue weighted by molar-refractivity contribution is 4.94. The molecule has 0 radical (unpaired) electrons. The van der Waals surface area contributed by atoms with E-state index in [2.05, 4.69) is 38.0 Å². The Morgan fingerprint density at radius 2 is 1.90 bits per heavy atom. The highest BCUT2D eigenvalue weighted by Gasteiger charge is 2.39. The second-order valence-corrected chi connectivity index (χ2v) is 7.46. The number of rotatable bonds is 5. The Kier molecular flexibility index (Phi) is 5.88. The molecule has 1 aliphatic carbocycles. The van der Waals surface area contributed by atoms with Gasteiger partial charge in [-0.2, -0.15) is 0 Å². The monoisotopic (exact) mass is 282 g/mol. The van der Waals surface area contributed by atoms with E-state index >= 15 is 0 Å². The molecule has 118 valence electrons. The van der Waals surface area contributed by atoms with E-state index in [1.54, 1.807) is 0 Å². The first kappa shape index (κ1) is 16.3. The summed E-state index contributed by atoms with van der Waals surface area (Å²) >= 11 is 0. The smallest absolute Gasteiger partial charge is 0.0480 e. The number of hydrogen-bond acceptors (Lipinski definition) is 3. The van der Waals surface area contributed by atoms with Crippen LogP contribution in [0.2, 0.25) is 0 Å². The average Bonchev–Trinajstić information content (AvgIpc) is 2.43. The summed E-state index contributed by atoms with van der Waals surface area (Å²) in [6.45, 7) is 11.4. The maximum absolute atomic E-state index is 5.49. The van der Waals surface area contributed by atoms with Crippen LogP contribution in [-0.4, -0.2) is 50.3 Å². The van der Waals surface area contributed by atoms with Crippen molar-refractivity contribution in [2.24, 2.45) is 11.3 Å². The van der Waals surface area contributed by atoms with Crippen LogP contribution in [0, 0.1) is 11.3 Å². The van der Waals surface area contributed by atoms with Crippen LogP contribution in [0.4, 0.5) is 0 Å². The third-order valence-electron chi connectivity index (χ3n) is 5.47. The molecule has 0 aromatic carbocycles. The van der Waals surface area contributed by atoms with Gasteiger partial charge in [0.05, 0.1) is 0 Å². The lowest BCUT2D eigenvalue weighted by atomic mass is 9.67. The first-order valence-electron chi connectivity index (χ1n) is 8.56. The zero-order valence-electron chi connectivity index (χ0n) is 14.0. The normalized spacial score (nSPS) is 31.6. The van der Waals surface area contributed by atoms with Crippen molar-refractivity contribution in [2.75, 3.05) is 33.4 Å². The molecule has 0 aromatic rings. The minimum Gasteiger partial charge on any atom is -0.381 e. The highest BCUT2D eigenvalue weighted by Crippen LogP contribution is 2.39. The molecule has 1 saturated heterocycles. The SMILES string of the molecule is CCNC1C(CN(C)C2CCOCC2)CCCC1(C)C. The van der Waals surface area contributed by atoms with Crippen LogP contribution in [0.25, 0.3) is 0 Å². The van der Waals surface area contributed by atoms with Gasteiger partial charge in [-0.25, -0.2) is 0 Å². The van der Waals surface area contributed by atoms with Crippen molar-refractivity contribution in [3.05, 3.63) is 0 Å². The second kappa shape index (κ2) is 7.24. The van der Waals surface area contributed by atoms with Gasteiger partial charge in [0, 0.05) is 31.8 Å². The van der Waals surface area contributed by atoms with E-state index in [0.29, 0.717) is 11.5 Å². The van der Waals surface area contributed by atoms with Gasteiger partial charge in [0.15, 0.2) is 0 Å². The van der Waals surface area contributed by atoms with Gasteiger partial charge in [0.1, 0.15) is 0 Å². The Balaban J connectivity index is 1.94. The molecule has 2 unspecified atom stereocenters. The number of ether oxygens (including phenoxy) is 1. The summed E-state index contributed by atoms with van der Waals surface area (Å²) < 4.78 is 5.49. The molecular weight excluding hydrogens is 248 g/mol. The van der Waals surface area contributed by atoms with E-state index in [0.717, 1.165) is 31.7 Å². The topological polar surface area (TPSA) is 24.5 Å². The van der Waals surface area contributed by atoms with Crippen molar-refractivity contribution in [2.45, 2.75) is 65.0 Å². The molecule has 0 aromatic heterocycles. The van der Waals surface area contributed by atoms with E-state index in [1.165, 1.54) is 38.6 Å². The van der Waals surface area contributed by atoms with Crippen molar-refractivity contribution in [3.63, 3.8) is 0 Å². The van der Waals surface area contributed by atoms with Gasteiger partial charge in [-0.1, -0.05) is 27.2 Å². The molecule has 0 spiro atoms. The van der Waals surface area contributed by atoms with Gasteiger partial charge in [-0.3, -0.25) is 0 Å². The van der Waals surface area contributed by atoms with Crippen molar-refractivity contribution in [1.82, 2.24) is 10.2 Å². The standard InChI is InChI=1S/C17H34N2O/c1-5-18-16-14(7-6-10-17(16,2)3)13-19(4)15-8-11-20-12-9-15/h14-16,18H,5-13H2,1-4H3. The Morgan fingerprint density at radius 3 is 2.55 bits per heavy atom. The largest absolute Gasteiger partial charge is 0.381 e.